The number of halogens is 2. The Balaban J connectivity index is 1.77. The molecule has 1 amide bonds. The first-order chi connectivity index (χ1) is 13.1. The van der Waals surface area contributed by atoms with Crippen molar-refractivity contribution in [3.63, 3.8) is 0 Å². The number of nitrogens with one attached hydrogen (secondary N) is 1. The molecule has 0 saturated carbocycles. The number of rotatable bonds is 6. The first kappa shape index (κ1) is 18.9. The molecule has 1 N–H and O–H groups in total. The van der Waals surface area contributed by atoms with Gasteiger partial charge in [0, 0.05) is 25.0 Å². The van der Waals surface area contributed by atoms with Crippen molar-refractivity contribution in [1.29, 1.82) is 0 Å². The predicted molar refractivity (Wildman–Crippen MR) is 107 cm³/mol. The third-order valence-corrected chi connectivity index (χ3v) is 4.42. The fourth-order valence-corrected chi connectivity index (χ4v) is 2.87. The van der Waals surface area contributed by atoms with Gasteiger partial charge in [-0.05, 0) is 36.8 Å². The molecule has 0 aliphatic carbocycles. The topological polar surface area (TPSA) is 45.2 Å². The number of amides is 1. The van der Waals surface area contributed by atoms with E-state index in [4.69, 9.17) is 11.6 Å². The van der Waals surface area contributed by atoms with Crippen molar-refractivity contribution in [3.8, 4) is 0 Å². The fourth-order valence-electron chi connectivity index (χ4n) is 2.69. The number of carbonyl (C=O) groups is 1. The van der Waals surface area contributed by atoms with Crippen LogP contribution in [-0.2, 0) is 6.54 Å². The average Bonchev–Trinajstić information content (AvgIpc) is 2.70. The summed E-state index contributed by atoms with van der Waals surface area (Å²) in [5, 5.41) is 2.67. The van der Waals surface area contributed by atoms with E-state index in [1.165, 1.54) is 30.0 Å². The zero-order chi connectivity index (χ0) is 19.2. The lowest BCUT2D eigenvalue weighted by molar-refractivity contribution is 0.102. The summed E-state index contributed by atoms with van der Waals surface area (Å²) in [5.74, 6) is -0.861. The standard InChI is InChI=1S/C21H19ClFN3O/c1-2-26(14-15-6-4-3-5-7-15)18-10-16(12-24-13-18)21(27)25-17-8-9-20(23)19(22)11-17/h3-13H,2,14H2,1H3,(H,25,27). The maximum Gasteiger partial charge on any atom is 0.257 e. The van der Waals surface area contributed by atoms with Crippen molar-refractivity contribution >= 4 is 28.9 Å². The van der Waals surface area contributed by atoms with Crippen LogP contribution in [0.3, 0.4) is 0 Å². The Morgan fingerprint density at radius 3 is 2.63 bits per heavy atom. The van der Waals surface area contributed by atoms with Crippen LogP contribution >= 0.6 is 11.6 Å². The van der Waals surface area contributed by atoms with E-state index in [1.54, 1.807) is 12.3 Å². The first-order valence-corrected chi connectivity index (χ1v) is 8.95. The summed E-state index contributed by atoms with van der Waals surface area (Å²) in [7, 11) is 0. The highest BCUT2D eigenvalue weighted by atomic mass is 35.5. The monoisotopic (exact) mass is 383 g/mol. The van der Waals surface area contributed by atoms with Crippen molar-refractivity contribution in [2.45, 2.75) is 13.5 Å². The summed E-state index contributed by atoms with van der Waals surface area (Å²) in [6.45, 7) is 3.54. The molecule has 6 heteroatoms. The molecule has 2 aromatic carbocycles. The van der Waals surface area contributed by atoms with E-state index in [0.717, 1.165) is 18.8 Å². The molecule has 0 saturated heterocycles. The average molecular weight is 384 g/mol. The first-order valence-electron chi connectivity index (χ1n) is 8.57. The molecule has 0 aliphatic heterocycles. The quantitative estimate of drug-likeness (QED) is 0.640. The second-order valence-corrected chi connectivity index (χ2v) is 6.42. The lowest BCUT2D eigenvalue weighted by Gasteiger charge is -2.23. The Bertz CT molecular complexity index is 934. The van der Waals surface area contributed by atoms with Gasteiger partial charge in [-0.25, -0.2) is 4.39 Å². The third-order valence-electron chi connectivity index (χ3n) is 4.13. The van der Waals surface area contributed by atoms with Crippen LogP contribution in [0.5, 0.6) is 0 Å². The number of hydrogen-bond donors (Lipinski definition) is 1. The van der Waals surface area contributed by atoms with Crippen LogP contribution in [0.15, 0.2) is 67.0 Å². The maximum absolute atomic E-state index is 13.3. The molecule has 0 radical (unpaired) electrons. The van der Waals surface area contributed by atoms with E-state index >= 15 is 0 Å². The predicted octanol–water partition coefficient (Wildman–Crippen LogP) is 5.15. The van der Waals surface area contributed by atoms with Gasteiger partial charge in [-0.1, -0.05) is 41.9 Å². The Hall–Kier alpha value is -2.92. The molecule has 4 nitrogen and oxygen atoms in total. The highest BCUT2D eigenvalue weighted by Crippen LogP contribution is 2.21. The Morgan fingerprint density at radius 2 is 1.93 bits per heavy atom. The minimum atomic E-state index is -0.530. The summed E-state index contributed by atoms with van der Waals surface area (Å²) >= 11 is 5.76. The summed E-state index contributed by atoms with van der Waals surface area (Å²) in [6.07, 6.45) is 3.23. The van der Waals surface area contributed by atoms with Crippen LogP contribution < -0.4 is 10.2 Å². The number of benzene rings is 2. The van der Waals surface area contributed by atoms with Crippen LogP contribution in [0, 0.1) is 5.82 Å². The normalized spacial score (nSPS) is 10.5. The minimum Gasteiger partial charge on any atom is -0.366 e. The molecule has 0 bridgehead atoms. The zero-order valence-corrected chi connectivity index (χ0v) is 15.6. The summed E-state index contributed by atoms with van der Waals surface area (Å²) in [6, 6.07) is 15.9. The molecular formula is C21H19ClFN3O. The Labute approximate surface area is 162 Å². The zero-order valence-electron chi connectivity index (χ0n) is 14.8. The van der Waals surface area contributed by atoms with E-state index in [-0.39, 0.29) is 10.9 Å². The fraction of sp³-hybridized carbons (Fsp3) is 0.143. The number of anilines is 2. The van der Waals surface area contributed by atoms with Gasteiger partial charge in [0.15, 0.2) is 0 Å². The molecule has 3 aromatic rings. The summed E-state index contributed by atoms with van der Waals surface area (Å²) < 4.78 is 13.3. The molecule has 0 fully saturated rings. The van der Waals surface area contributed by atoms with Gasteiger partial charge >= 0.3 is 0 Å². The Morgan fingerprint density at radius 1 is 1.15 bits per heavy atom. The number of carbonyl (C=O) groups excluding carboxylic acids is 1. The van der Waals surface area contributed by atoms with Gasteiger partial charge in [0.1, 0.15) is 5.82 Å². The van der Waals surface area contributed by atoms with Gasteiger partial charge in [-0.15, -0.1) is 0 Å². The van der Waals surface area contributed by atoms with Crippen molar-refractivity contribution in [2.75, 3.05) is 16.8 Å². The SMILES string of the molecule is CCN(Cc1ccccc1)c1cncc(C(=O)Nc2ccc(F)c(Cl)c2)c1. The van der Waals surface area contributed by atoms with Crippen LogP contribution in [0.1, 0.15) is 22.8 Å². The highest BCUT2D eigenvalue weighted by Gasteiger charge is 2.12. The van der Waals surface area contributed by atoms with Gasteiger partial charge in [0.2, 0.25) is 0 Å². The number of pyridine rings is 1. The minimum absolute atomic E-state index is 0.0419. The smallest absolute Gasteiger partial charge is 0.257 e. The number of aromatic nitrogens is 1. The van der Waals surface area contributed by atoms with E-state index in [9.17, 15) is 9.18 Å². The van der Waals surface area contributed by atoms with E-state index in [0.29, 0.717) is 11.3 Å². The van der Waals surface area contributed by atoms with Gasteiger partial charge in [0.05, 0.1) is 22.5 Å². The van der Waals surface area contributed by atoms with Gasteiger partial charge in [0.25, 0.3) is 5.91 Å². The Kier molecular flexibility index (Phi) is 6.04. The molecule has 0 aliphatic rings. The highest BCUT2D eigenvalue weighted by molar-refractivity contribution is 6.31. The molecule has 27 heavy (non-hydrogen) atoms. The molecular weight excluding hydrogens is 365 g/mol. The van der Waals surface area contributed by atoms with Gasteiger partial charge in [-0.2, -0.15) is 0 Å². The second-order valence-electron chi connectivity index (χ2n) is 6.01. The van der Waals surface area contributed by atoms with Crippen LogP contribution in [0.25, 0.3) is 0 Å². The molecule has 0 atom stereocenters. The maximum atomic E-state index is 13.3. The second kappa shape index (κ2) is 8.64. The largest absolute Gasteiger partial charge is 0.366 e. The molecule has 3 rings (SSSR count). The molecule has 0 spiro atoms. The molecule has 0 unspecified atom stereocenters. The number of nitrogens with zero attached hydrogens (tertiary/aromatic N) is 2. The van der Waals surface area contributed by atoms with Crippen LogP contribution in [0.4, 0.5) is 15.8 Å². The van der Waals surface area contributed by atoms with E-state index < -0.39 is 5.82 Å². The third kappa shape index (κ3) is 4.83. The van der Waals surface area contributed by atoms with Crippen LogP contribution in [0.2, 0.25) is 5.02 Å². The van der Waals surface area contributed by atoms with Crippen LogP contribution in [-0.4, -0.2) is 17.4 Å². The summed E-state index contributed by atoms with van der Waals surface area (Å²) in [4.78, 5) is 18.9. The molecule has 1 heterocycles. The lowest BCUT2D eigenvalue weighted by atomic mass is 10.2. The van der Waals surface area contributed by atoms with Crippen molar-refractivity contribution < 1.29 is 9.18 Å². The lowest BCUT2D eigenvalue weighted by Crippen LogP contribution is -2.23. The molecule has 138 valence electrons. The van der Waals surface area contributed by atoms with E-state index in [1.807, 2.05) is 18.2 Å². The van der Waals surface area contributed by atoms with Gasteiger partial charge in [-0.3, -0.25) is 9.78 Å². The molecule has 1 aromatic heterocycles. The number of hydrogen-bond acceptors (Lipinski definition) is 3. The van der Waals surface area contributed by atoms with Crippen molar-refractivity contribution in [2.24, 2.45) is 0 Å². The van der Waals surface area contributed by atoms with Crippen molar-refractivity contribution in [1.82, 2.24) is 4.98 Å². The van der Waals surface area contributed by atoms with E-state index in [2.05, 4.69) is 34.3 Å². The summed E-state index contributed by atoms with van der Waals surface area (Å²) in [5.41, 5.74) is 2.87. The van der Waals surface area contributed by atoms with Crippen molar-refractivity contribution in [3.05, 3.63) is 89.0 Å². The van der Waals surface area contributed by atoms with Gasteiger partial charge < -0.3 is 10.2 Å².